The fourth-order valence-electron chi connectivity index (χ4n) is 0.857. The fraction of sp³-hybridized carbons (Fsp3) is 0.750. The average Bonchev–Trinajstić information content (AvgIpc) is 2.11. The number of carbonyl (C=O) groups excluding carboxylic acids is 2. The Morgan fingerprint density at radius 2 is 2.00 bits per heavy atom. The van der Waals surface area contributed by atoms with E-state index >= 15 is 0 Å². The second-order valence-electron chi connectivity index (χ2n) is 3.02. The Kier molecular flexibility index (Phi) is 5.06. The largest absolute Gasteiger partial charge is 0.467 e. The monoisotopic (exact) mass is 188 g/mol. The predicted octanol–water partition coefficient (Wildman–Crippen LogP) is -0.741. The molecule has 0 spiro atoms. The van der Waals surface area contributed by atoms with Gasteiger partial charge in [-0.25, -0.2) is 4.79 Å². The van der Waals surface area contributed by atoms with Crippen molar-refractivity contribution in [3.63, 3.8) is 0 Å². The lowest BCUT2D eigenvalue weighted by Gasteiger charge is -2.19. The lowest BCUT2D eigenvalue weighted by atomic mass is 10.0. The van der Waals surface area contributed by atoms with E-state index in [9.17, 15) is 9.59 Å². The molecule has 5 heteroatoms. The summed E-state index contributed by atoms with van der Waals surface area (Å²) in [5.74, 6) is -0.816. The highest BCUT2D eigenvalue weighted by atomic mass is 16.5. The van der Waals surface area contributed by atoms with Gasteiger partial charge in [-0.1, -0.05) is 13.8 Å². The first-order chi connectivity index (χ1) is 6.02. The standard InChI is InChI=1S/C8H16N2O3/c1-5(2)7(8(12)13-3)10-6(11)4-9/h5,7H,4,9H2,1-3H3,(H,10,11). The molecule has 0 rings (SSSR count). The van der Waals surface area contributed by atoms with Crippen molar-refractivity contribution < 1.29 is 14.3 Å². The molecule has 0 radical (unpaired) electrons. The number of esters is 1. The molecule has 13 heavy (non-hydrogen) atoms. The molecule has 5 nitrogen and oxygen atoms in total. The van der Waals surface area contributed by atoms with E-state index in [4.69, 9.17) is 5.73 Å². The molecule has 3 N–H and O–H groups in total. The summed E-state index contributed by atoms with van der Waals surface area (Å²) in [6.45, 7) is 3.51. The van der Waals surface area contributed by atoms with Crippen LogP contribution >= 0.6 is 0 Å². The molecule has 0 aliphatic heterocycles. The first-order valence-corrected chi connectivity index (χ1v) is 4.10. The minimum atomic E-state index is -0.610. The Morgan fingerprint density at radius 1 is 1.46 bits per heavy atom. The molecule has 0 aromatic carbocycles. The summed E-state index contributed by atoms with van der Waals surface area (Å²) >= 11 is 0. The van der Waals surface area contributed by atoms with Crippen LogP contribution in [-0.4, -0.2) is 31.6 Å². The van der Waals surface area contributed by atoms with Gasteiger partial charge in [-0.05, 0) is 5.92 Å². The van der Waals surface area contributed by atoms with E-state index in [-0.39, 0.29) is 18.4 Å². The van der Waals surface area contributed by atoms with Gasteiger partial charge in [0.1, 0.15) is 6.04 Å². The first kappa shape index (κ1) is 11.9. The van der Waals surface area contributed by atoms with Crippen molar-refractivity contribution in [2.45, 2.75) is 19.9 Å². The summed E-state index contributed by atoms with van der Waals surface area (Å²) in [5, 5.41) is 2.48. The summed E-state index contributed by atoms with van der Waals surface area (Å²) in [6, 6.07) is -0.610. The van der Waals surface area contributed by atoms with Crippen LogP contribution in [-0.2, 0) is 14.3 Å². The lowest BCUT2D eigenvalue weighted by molar-refractivity contribution is -0.146. The number of rotatable bonds is 4. The van der Waals surface area contributed by atoms with Crippen LogP contribution in [0.25, 0.3) is 0 Å². The number of nitrogens with two attached hydrogens (primary N) is 1. The second-order valence-corrected chi connectivity index (χ2v) is 3.02. The molecule has 0 saturated heterocycles. The number of nitrogens with one attached hydrogen (secondary N) is 1. The van der Waals surface area contributed by atoms with Gasteiger partial charge >= 0.3 is 5.97 Å². The summed E-state index contributed by atoms with van der Waals surface area (Å²) in [4.78, 5) is 22.0. The molecule has 0 aliphatic rings. The number of amides is 1. The van der Waals surface area contributed by atoms with Crippen LogP contribution in [0.5, 0.6) is 0 Å². The minimum Gasteiger partial charge on any atom is -0.467 e. The van der Waals surface area contributed by atoms with Gasteiger partial charge in [0.15, 0.2) is 0 Å². The maximum Gasteiger partial charge on any atom is 0.328 e. The lowest BCUT2D eigenvalue weighted by Crippen LogP contribution is -2.47. The Labute approximate surface area is 77.6 Å². The SMILES string of the molecule is COC(=O)C(NC(=O)CN)C(C)C. The van der Waals surface area contributed by atoms with Gasteiger partial charge in [0.05, 0.1) is 13.7 Å². The topological polar surface area (TPSA) is 81.4 Å². The number of hydrogen-bond acceptors (Lipinski definition) is 4. The fourth-order valence-corrected chi connectivity index (χ4v) is 0.857. The van der Waals surface area contributed by atoms with Crippen molar-refractivity contribution in [2.24, 2.45) is 11.7 Å². The summed E-state index contributed by atoms with van der Waals surface area (Å²) < 4.78 is 4.52. The molecule has 0 heterocycles. The third kappa shape index (κ3) is 3.89. The smallest absolute Gasteiger partial charge is 0.328 e. The van der Waals surface area contributed by atoms with Crippen LogP contribution < -0.4 is 11.1 Å². The van der Waals surface area contributed by atoms with E-state index in [0.29, 0.717) is 0 Å². The quantitative estimate of drug-likeness (QED) is 0.569. The number of methoxy groups -OCH3 is 1. The highest BCUT2D eigenvalue weighted by Gasteiger charge is 2.23. The molecule has 1 unspecified atom stereocenters. The summed E-state index contributed by atoms with van der Waals surface area (Å²) in [5.41, 5.74) is 5.10. The molecule has 0 aromatic heterocycles. The molecular formula is C8H16N2O3. The normalized spacial score (nSPS) is 12.4. The van der Waals surface area contributed by atoms with Crippen molar-refractivity contribution in [3.8, 4) is 0 Å². The first-order valence-electron chi connectivity index (χ1n) is 4.10. The van der Waals surface area contributed by atoms with Crippen molar-refractivity contribution in [1.29, 1.82) is 0 Å². The Bertz CT molecular complexity index is 192. The van der Waals surface area contributed by atoms with Crippen molar-refractivity contribution >= 4 is 11.9 Å². The van der Waals surface area contributed by atoms with E-state index in [2.05, 4.69) is 10.1 Å². The van der Waals surface area contributed by atoms with Crippen molar-refractivity contribution in [3.05, 3.63) is 0 Å². The zero-order chi connectivity index (χ0) is 10.4. The number of ether oxygens (including phenoxy) is 1. The Hall–Kier alpha value is -1.10. The molecule has 1 atom stereocenters. The number of carbonyl (C=O) groups is 2. The zero-order valence-corrected chi connectivity index (χ0v) is 8.16. The molecule has 0 aromatic rings. The van der Waals surface area contributed by atoms with Gasteiger partial charge in [0.25, 0.3) is 0 Å². The molecule has 0 bridgehead atoms. The molecule has 0 aliphatic carbocycles. The van der Waals surface area contributed by atoms with Gasteiger partial charge in [0, 0.05) is 0 Å². The van der Waals surface area contributed by atoms with Crippen LogP contribution in [0.2, 0.25) is 0 Å². The number of hydrogen-bond donors (Lipinski definition) is 2. The van der Waals surface area contributed by atoms with E-state index in [1.807, 2.05) is 13.8 Å². The molecule has 0 saturated carbocycles. The van der Waals surface area contributed by atoms with Crippen molar-refractivity contribution in [2.75, 3.05) is 13.7 Å². The third-order valence-corrected chi connectivity index (χ3v) is 1.62. The van der Waals surface area contributed by atoms with E-state index in [1.54, 1.807) is 0 Å². The van der Waals surface area contributed by atoms with Gasteiger partial charge in [-0.2, -0.15) is 0 Å². The third-order valence-electron chi connectivity index (χ3n) is 1.62. The molecule has 0 fully saturated rings. The van der Waals surface area contributed by atoms with E-state index in [1.165, 1.54) is 7.11 Å². The average molecular weight is 188 g/mol. The van der Waals surface area contributed by atoms with Crippen LogP contribution in [0.4, 0.5) is 0 Å². The molecule has 1 amide bonds. The Balaban J connectivity index is 4.26. The summed E-state index contributed by atoms with van der Waals surface area (Å²) in [7, 11) is 1.28. The van der Waals surface area contributed by atoms with Crippen molar-refractivity contribution in [1.82, 2.24) is 5.32 Å². The van der Waals surface area contributed by atoms with Gasteiger partial charge in [-0.15, -0.1) is 0 Å². The van der Waals surface area contributed by atoms with Crippen LogP contribution in [0, 0.1) is 5.92 Å². The minimum absolute atomic E-state index is 0.0112. The molecule has 76 valence electrons. The Morgan fingerprint density at radius 3 is 2.31 bits per heavy atom. The maximum atomic E-state index is 11.1. The van der Waals surface area contributed by atoms with Crippen LogP contribution in [0.15, 0.2) is 0 Å². The maximum absolute atomic E-state index is 11.1. The van der Waals surface area contributed by atoms with E-state index in [0.717, 1.165) is 0 Å². The summed E-state index contributed by atoms with van der Waals surface area (Å²) in [6.07, 6.45) is 0. The van der Waals surface area contributed by atoms with Crippen LogP contribution in [0.1, 0.15) is 13.8 Å². The van der Waals surface area contributed by atoms with Gasteiger partial charge in [-0.3, -0.25) is 4.79 Å². The van der Waals surface area contributed by atoms with Crippen LogP contribution in [0.3, 0.4) is 0 Å². The van der Waals surface area contributed by atoms with Gasteiger partial charge in [0.2, 0.25) is 5.91 Å². The van der Waals surface area contributed by atoms with E-state index < -0.39 is 12.0 Å². The zero-order valence-electron chi connectivity index (χ0n) is 8.16. The van der Waals surface area contributed by atoms with Gasteiger partial charge < -0.3 is 15.8 Å². The predicted molar refractivity (Wildman–Crippen MR) is 47.8 cm³/mol. The second kappa shape index (κ2) is 5.53. The highest BCUT2D eigenvalue weighted by molar-refractivity contribution is 5.85. The molecular weight excluding hydrogens is 172 g/mol. The highest BCUT2D eigenvalue weighted by Crippen LogP contribution is 2.02.